The van der Waals surface area contributed by atoms with E-state index in [1.54, 1.807) is 18.5 Å². The summed E-state index contributed by atoms with van der Waals surface area (Å²) in [5.74, 6) is -0.590. The minimum atomic E-state index is -0.582. The molecule has 0 saturated heterocycles. The van der Waals surface area contributed by atoms with Crippen LogP contribution in [0.4, 0.5) is 0 Å². The molecule has 0 aliphatic heterocycles. The van der Waals surface area contributed by atoms with Crippen LogP contribution in [-0.2, 0) is 25.6 Å². The molecule has 1 saturated carbocycles. The highest BCUT2D eigenvalue weighted by molar-refractivity contribution is 5.84. The number of esters is 1. The molecule has 0 unspecified atom stereocenters. The van der Waals surface area contributed by atoms with Crippen molar-refractivity contribution in [2.45, 2.75) is 85.0 Å². The normalized spacial score (nSPS) is 16.4. The van der Waals surface area contributed by atoms with Crippen molar-refractivity contribution in [3.63, 3.8) is 0 Å². The van der Waals surface area contributed by atoms with Crippen LogP contribution >= 0.6 is 0 Å². The van der Waals surface area contributed by atoms with E-state index in [1.165, 1.54) is 32.1 Å². The van der Waals surface area contributed by atoms with E-state index in [0.29, 0.717) is 19.4 Å². The van der Waals surface area contributed by atoms with Crippen molar-refractivity contribution >= 4 is 17.8 Å². The maximum Gasteiger partial charge on any atom is 0.338 e. The summed E-state index contributed by atoms with van der Waals surface area (Å²) in [5, 5.41) is 3.80. The molecule has 178 valence electrons. The number of rotatable bonds is 11. The third kappa shape index (κ3) is 10.7. The van der Waals surface area contributed by atoms with Crippen LogP contribution < -0.4 is 5.73 Å². The molecule has 2 N–H and O–H groups in total. The topological polar surface area (TPSA) is 104 Å². The average molecular weight is 446 g/mol. The van der Waals surface area contributed by atoms with E-state index in [4.69, 9.17) is 15.3 Å². The van der Waals surface area contributed by atoms with Crippen LogP contribution in [0.5, 0.6) is 0 Å². The van der Waals surface area contributed by atoms with Gasteiger partial charge in [-0.1, -0.05) is 76.9 Å². The average Bonchev–Trinajstić information content (AvgIpc) is 2.76. The Morgan fingerprint density at radius 3 is 2.66 bits per heavy atom. The van der Waals surface area contributed by atoms with Gasteiger partial charge < -0.3 is 15.3 Å². The SMILES string of the molecule is CC(C)(C)COC(=O)C[C@@H](CCCC1CCCCC1)C(=O)O/N=C(\N)Cc1cccnc1. The molecule has 0 amide bonds. The van der Waals surface area contributed by atoms with Crippen molar-refractivity contribution in [2.75, 3.05) is 6.61 Å². The van der Waals surface area contributed by atoms with Crippen molar-refractivity contribution in [1.29, 1.82) is 0 Å². The molecule has 7 heteroatoms. The molecule has 0 aromatic carbocycles. The largest absolute Gasteiger partial charge is 0.465 e. The predicted octanol–water partition coefficient (Wildman–Crippen LogP) is 4.79. The van der Waals surface area contributed by atoms with Crippen molar-refractivity contribution in [3.8, 4) is 0 Å². The van der Waals surface area contributed by atoms with Crippen LogP contribution in [0.2, 0.25) is 0 Å². The first-order chi connectivity index (χ1) is 15.2. The lowest BCUT2D eigenvalue weighted by molar-refractivity contribution is -0.156. The molecule has 1 fully saturated rings. The zero-order chi connectivity index (χ0) is 23.4. The lowest BCUT2D eigenvalue weighted by Gasteiger charge is -2.22. The molecule has 1 heterocycles. The summed E-state index contributed by atoms with van der Waals surface area (Å²) in [6, 6.07) is 3.68. The first-order valence-corrected chi connectivity index (χ1v) is 11.8. The highest BCUT2D eigenvalue weighted by Crippen LogP contribution is 2.29. The third-order valence-corrected chi connectivity index (χ3v) is 5.66. The van der Waals surface area contributed by atoms with Gasteiger partial charge in [0.1, 0.15) is 5.84 Å². The van der Waals surface area contributed by atoms with Gasteiger partial charge >= 0.3 is 11.9 Å². The molecule has 1 atom stereocenters. The molecule has 0 spiro atoms. The van der Waals surface area contributed by atoms with Crippen LogP contribution in [0, 0.1) is 17.3 Å². The van der Waals surface area contributed by atoms with Crippen LogP contribution in [0.1, 0.15) is 84.1 Å². The number of pyridine rings is 1. The molecular formula is C25H39N3O4. The van der Waals surface area contributed by atoms with Gasteiger partial charge in [0, 0.05) is 18.8 Å². The van der Waals surface area contributed by atoms with Gasteiger partial charge in [0.2, 0.25) is 0 Å². The molecule has 0 radical (unpaired) electrons. The standard InChI is InChI=1S/C25H39N3O4/c1-25(2,3)18-31-23(29)16-21(13-7-11-19-9-5-4-6-10-19)24(30)32-28-22(26)15-20-12-8-14-27-17-20/h8,12,14,17,19,21H,4-7,9-11,13,15-16,18H2,1-3H3,(H2,26,28)/t21-/m1/s1. The molecule has 1 aliphatic rings. The Labute approximate surface area is 192 Å². The van der Waals surface area contributed by atoms with E-state index < -0.39 is 11.9 Å². The summed E-state index contributed by atoms with van der Waals surface area (Å²) in [6.07, 6.45) is 12.7. The number of carbonyl (C=O) groups is 2. The second-order valence-corrected chi connectivity index (χ2v) is 10.1. The molecular weight excluding hydrogens is 406 g/mol. The highest BCUT2D eigenvalue weighted by Gasteiger charge is 2.26. The molecule has 1 aromatic rings. The van der Waals surface area contributed by atoms with E-state index in [-0.39, 0.29) is 23.6 Å². The van der Waals surface area contributed by atoms with Crippen molar-refractivity contribution < 1.29 is 19.2 Å². The summed E-state index contributed by atoms with van der Waals surface area (Å²) in [6.45, 7) is 6.30. The number of hydrogen-bond donors (Lipinski definition) is 1. The van der Waals surface area contributed by atoms with Crippen LogP contribution in [0.15, 0.2) is 29.7 Å². The molecule has 2 rings (SSSR count). The summed E-state index contributed by atoms with van der Waals surface area (Å²) in [5.41, 5.74) is 6.65. The molecule has 32 heavy (non-hydrogen) atoms. The van der Waals surface area contributed by atoms with Gasteiger partial charge in [0.25, 0.3) is 0 Å². The molecule has 1 aromatic heterocycles. The monoisotopic (exact) mass is 445 g/mol. The predicted molar refractivity (Wildman–Crippen MR) is 125 cm³/mol. The Morgan fingerprint density at radius 1 is 1.25 bits per heavy atom. The zero-order valence-electron chi connectivity index (χ0n) is 19.8. The second-order valence-electron chi connectivity index (χ2n) is 10.1. The fourth-order valence-electron chi connectivity index (χ4n) is 3.91. The van der Waals surface area contributed by atoms with E-state index in [2.05, 4.69) is 10.1 Å². The number of oxime groups is 1. The summed E-state index contributed by atoms with van der Waals surface area (Å²) >= 11 is 0. The van der Waals surface area contributed by atoms with Crippen molar-refractivity contribution in [3.05, 3.63) is 30.1 Å². The fourth-order valence-corrected chi connectivity index (χ4v) is 3.91. The number of nitrogens with zero attached hydrogens (tertiary/aromatic N) is 2. The van der Waals surface area contributed by atoms with Gasteiger partial charge in [-0.2, -0.15) is 0 Å². The summed E-state index contributed by atoms with van der Waals surface area (Å²) < 4.78 is 5.37. The summed E-state index contributed by atoms with van der Waals surface area (Å²) in [7, 11) is 0. The van der Waals surface area contributed by atoms with Gasteiger partial charge in [-0.05, 0) is 29.4 Å². The number of hydrogen-bond acceptors (Lipinski definition) is 6. The van der Waals surface area contributed by atoms with Crippen LogP contribution in [-0.4, -0.2) is 29.4 Å². The van der Waals surface area contributed by atoms with E-state index in [0.717, 1.165) is 24.3 Å². The van der Waals surface area contributed by atoms with Gasteiger partial charge in [-0.15, -0.1) is 0 Å². The Balaban J connectivity index is 1.90. The van der Waals surface area contributed by atoms with Crippen LogP contribution in [0.3, 0.4) is 0 Å². The van der Waals surface area contributed by atoms with E-state index >= 15 is 0 Å². The Hall–Kier alpha value is -2.44. The smallest absolute Gasteiger partial charge is 0.338 e. The third-order valence-electron chi connectivity index (χ3n) is 5.66. The first kappa shape index (κ1) is 25.8. The Bertz CT molecular complexity index is 737. The summed E-state index contributed by atoms with van der Waals surface area (Å²) in [4.78, 5) is 34.2. The fraction of sp³-hybridized carbons (Fsp3) is 0.680. The van der Waals surface area contributed by atoms with Crippen molar-refractivity contribution in [1.82, 2.24) is 4.98 Å². The quantitative estimate of drug-likeness (QED) is 0.173. The van der Waals surface area contributed by atoms with E-state index in [9.17, 15) is 9.59 Å². The zero-order valence-corrected chi connectivity index (χ0v) is 19.8. The number of carbonyl (C=O) groups excluding carboxylic acids is 2. The Kier molecular flexibility index (Phi) is 10.6. The van der Waals surface area contributed by atoms with Crippen LogP contribution in [0.25, 0.3) is 0 Å². The molecule has 7 nitrogen and oxygen atoms in total. The number of ether oxygens (including phenoxy) is 1. The van der Waals surface area contributed by atoms with Gasteiger partial charge in [-0.3, -0.25) is 9.78 Å². The number of nitrogens with two attached hydrogens (primary N) is 1. The molecule has 1 aliphatic carbocycles. The number of amidine groups is 1. The lowest BCUT2D eigenvalue weighted by Crippen LogP contribution is -2.25. The van der Waals surface area contributed by atoms with Gasteiger partial charge in [0.05, 0.1) is 18.9 Å². The van der Waals surface area contributed by atoms with E-state index in [1.807, 2.05) is 26.8 Å². The maximum atomic E-state index is 12.7. The second kappa shape index (κ2) is 13.2. The highest BCUT2D eigenvalue weighted by atomic mass is 16.7. The lowest BCUT2D eigenvalue weighted by atomic mass is 9.84. The van der Waals surface area contributed by atoms with Crippen molar-refractivity contribution in [2.24, 2.45) is 28.1 Å². The minimum Gasteiger partial charge on any atom is -0.465 e. The minimum absolute atomic E-state index is 0.00237. The number of aromatic nitrogens is 1. The maximum absolute atomic E-state index is 12.7. The Morgan fingerprint density at radius 2 is 2.00 bits per heavy atom. The first-order valence-electron chi connectivity index (χ1n) is 11.8. The van der Waals surface area contributed by atoms with Gasteiger partial charge in [-0.25, -0.2) is 4.79 Å². The van der Waals surface area contributed by atoms with Gasteiger partial charge in [0.15, 0.2) is 0 Å². The molecule has 0 bridgehead atoms.